The lowest BCUT2D eigenvalue weighted by molar-refractivity contribution is -0.0677. The van der Waals surface area contributed by atoms with Crippen LogP contribution in [0.5, 0.6) is 0 Å². The number of rotatable bonds is 5. The number of fused-ring (bicyclic) bond motifs is 1. The normalized spacial score (nSPS) is 32.4. The minimum absolute atomic E-state index is 0.108. The van der Waals surface area contributed by atoms with Gasteiger partial charge in [0.05, 0.1) is 22.5 Å². The standard InChI is InChI=1S/C34H50N4/c1-31(2)21-17-23(31)27(29-19(21)13-15-25(35-29)33(5,6)37(9)10)28-24-18-22(32(24,3)4)20-14-16-26(36-30(20)28)34(7,8)38(11)12/h13-16,21-24,27-28H,17-18H2,1-12H3/t21-,22-,23+,24+,27+,28+/m0/s1. The molecular weight excluding hydrogens is 464 g/mol. The molecule has 0 unspecified atom stereocenters. The molecule has 6 aliphatic carbocycles. The Kier molecular flexibility index (Phi) is 5.50. The first-order valence-electron chi connectivity index (χ1n) is 14.9. The third-order valence-corrected chi connectivity index (χ3v) is 12.7. The molecule has 0 N–H and O–H groups in total. The van der Waals surface area contributed by atoms with Crippen LogP contribution in [0.25, 0.3) is 0 Å². The summed E-state index contributed by atoms with van der Waals surface area (Å²) in [6, 6.07) is 9.54. The molecule has 0 spiro atoms. The molecule has 2 aromatic rings. The fraction of sp³-hybridized carbons (Fsp3) is 0.706. The molecule has 0 amide bonds. The van der Waals surface area contributed by atoms with Crippen LogP contribution in [0, 0.1) is 22.7 Å². The van der Waals surface area contributed by atoms with E-state index in [9.17, 15) is 0 Å². The van der Waals surface area contributed by atoms with E-state index in [1.807, 2.05) is 0 Å². The van der Waals surface area contributed by atoms with E-state index in [1.54, 1.807) is 0 Å². The molecule has 38 heavy (non-hydrogen) atoms. The van der Waals surface area contributed by atoms with Crippen molar-refractivity contribution in [3.63, 3.8) is 0 Å². The van der Waals surface area contributed by atoms with Gasteiger partial charge in [0.25, 0.3) is 0 Å². The molecule has 6 aliphatic rings. The Morgan fingerprint density at radius 1 is 0.632 bits per heavy atom. The number of aromatic nitrogens is 2. The van der Waals surface area contributed by atoms with Gasteiger partial charge in [0.1, 0.15) is 0 Å². The largest absolute Gasteiger partial charge is 0.299 e. The predicted molar refractivity (Wildman–Crippen MR) is 157 cm³/mol. The molecule has 8 rings (SSSR count). The van der Waals surface area contributed by atoms with E-state index in [-0.39, 0.29) is 11.1 Å². The van der Waals surface area contributed by atoms with Crippen molar-refractivity contribution in [3.05, 3.63) is 58.2 Å². The van der Waals surface area contributed by atoms with Crippen LogP contribution >= 0.6 is 0 Å². The smallest absolute Gasteiger partial charge is 0.0604 e. The SMILES string of the molecule is CN(C)C(C)(C)c1ccc2c(n1)[C@@H]([C@@H]1c3nc(C(C)(C)N(C)C)ccc3[C@@H]3C[C@H]1C3(C)C)[C@H]1C[C@@H]2C1(C)C. The quantitative estimate of drug-likeness (QED) is 0.421. The molecule has 0 aliphatic heterocycles. The summed E-state index contributed by atoms with van der Waals surface area (Å²) in [5.74, 6) is 3.42. The molecule has 0 aromatic carbocycles. The van der Waals surface area contributed by atoms with Gasteiger partial charge in [-0.3, -0.25) is 19.8 Å². The minimum Gasteiger partial charge on any atom is -0.299 e. The van der Waals surface area contributed by atoms with Gasteiger partial charge in [-0.05, 0) is 126 Å². The molecular formula is C34H50N4. The van der Waals surface area contributed by atoms with Gasteiger partial charge in [0.15, 0.2) is 0 Å². The highest BCUT2D eigenvalue weighted by atomic mass is 15.2. The van der Waals surface area contributed by atoms with Crippen molar-refractivity contribution in [3.8, 4) is 0 Å². The van der Waals surface area contributed by atoms with Gasteiger partial charge in [-0.15, -0.1) is 0 Å². The van der Waals surface area contributed by atoms with Crippen molar-refractivity contribution < 1.29 is 0 Å². The van der Waals surface area contributed by atoms with E-state index in [1.165, 1.54) is 46.7 Å². The lowest BCUT2D eigenvalue weighted by Gasteiger charge is -2.67. The molecule has 4 bridgehead atoms. The zero-order chi connectivity index (χ0) is 27.7. The van der Waals surface area contributed by atoms with Gasteiger partial charge in [0.2, 0.25) is 0 Å². The van der Waals surface area contributed by atoms with Crippen LogP contribution in [0.3, 0.4) is 0 Å². The zero-order valence-electron chi connectivity index (χ0n) is 26.0. The Labute approximate surface area is 231 Å². The van der Waals surface area contributed by atoms with Crippen LogP contribution in [0.2, 0.25) is 0 Å². The summed E-state index contributed by atoms with van der Waals surface area (Å²) in [4.78, 5) is 15.8. The monoisotopic (exact) mass is 514 g/mol. The number of hydrogen-bond acceptors (Lipinski definition) is 4. The first-order chi connectivity index (χ1) is 17.5. The molecule has 2 saturated carbocycles. The second kappa shape index (κ2) is 7.91. The number of hydrogen-bond donors (Lipinski definition) is 0. The van der Waals surface area contributed by atoms with Crippen molar-refractivity contribution in [1.82, 2.24) is 19.8 Å². The molecule has 0 saturated heterocycles. The molecule has 4 nitrogen and oxygen atoms in total. The summed E-state index contributed by atoms with van der Waals surface area (Å²) in [5, 5.41) is 0. The topological polar surface area (TPSA) is 32.3 Å². The summed E-state index contributed by atoms with van der Waals surface area (Å²) in [7, 11) is 8.69. The highest BCUT2D eigenvalue weighted by molar-refractivity contribution is 5.48. The highest BCUT2D eigenvalue weighted by Crippen LogP contribution is 2.75. The Hall–Kier alpha value is -1.78. The lowest BCUT2D eigenvalue weighted by atomic mass is 9.37. The maximum Gasteiger partial charge on any atom is 0.0604 e. The van der Waals surface area contributed by atoms with E-state index < -0.39 is 0 Å². The maximum atomic E-state index is 5.60. The summed E-state index contributed by atoms with van der Waals surface area (Å²) >= 11 is 0. The second-order valence-corrected chi connectivity index (χ2v) is 15.7. The minimum atomic E-state index is -0.108. The van der Waals surface area contributed by atoms with Crippen LogP contribution < -0.4 is 0 Å². The summed E-state index contributed by atoms with van der Waals surface area (Å²) in [6.07, 6.45) is 2.60. The summed E-state index contributed by atoms with van der Waals surface area (Å²) in [5.41, 5.74) is 8.63. The van der Waals surface area contributed by atoms with Crippen LogP contribution in [0.1, 0.15) is 126 Å². The Morgan fingerprint density at radius 2 is 0.974 bits per heavy atom. The molecule has 206 valence electrons. The van der Waals surface area contributed by atoms with E-state index in [0.29, 0.717) is 46.3 Å². The first-order valence-corrected chi connectivity index (χ1v) is 14.9. The summed E-state index contributed by atoms with van der Waals surface area (Å²) in [6.45, 7) is 19.3. The van der Waals surface area contributed by atoms with Crippen LogP contribution in [0.4, 0.5) is 0 Å². The molecule has 2 heterocycles. The van der Waals surface area contributed by atoms with Crippen LogP contribution in [0.15, 0.2) is 24.3 Å². The lowest BCUT2D eigenvalue weighted by Crippen LogP contribution is -2.58. The Bertz CT molecular complexity index is 1180. The molecule has 4 heteroatoms. The highest BCUT2D eigenvalue weighted by Gasteiger charge is 2.65. The van der Waals surface area contributed by atoms with Gasteiger partial charge in [-0.1, -0.05) is 39.8 Å². The van der Waals surface area contributed by atoms with Crippen molar-refractivity contribution in [1.29, 1.82) is 0 Å². The Balaban J connectivity index is 1.56. The first kappa shape index (κ1) is 26.4. The number of pyridine rings is 2. The van der Waals surface area contributed by atoms with Gasteiger partial charge >= 0.3 is 0 Å². The molecule has 6 atom stereocenters. The second-order valence-electron chi connectivity index (χ2n) is 15.7. The average molecular weight is 515 g/mol. The third-order valence-electron chi connectivity index (χ3n) is 12.7. The maximum absolute atomic E-state index is 5.60. The molecule has 0 radical (unpaired) electrons. The molecule has 2 fully saturated rings. The molecule has 2 aromatic heterocycles. The van der Waals surface area contributed by atoms with Crippen molar-refractivity contribution in [2.24, 2.45) is 22.7 Å². The van der Waals surface area contributed by atoms with Crippen LogP contribution in [-0.4, -0.2) is 48.0 Å². The van der Waals surface area contributed by atoms with Gasteiger partial charge in [-0.25, -0.2) is 0 Å². The fourth-order valence-corrected chi connectivity index (χ4v) is 8.65. The Morgan fingerprint density at radius 3 is 1.26 bits per heavy atom. The fourth-order valence-electron chi connectivity index (χ4n) is 8.65. The average Bonchev–Trinajstić information content (AvgIpc) is 2.85. The van der Waals surface area contributed by atoms with Crippen molar-refractivity contribution in [2.45, 2.75) is 103 Å². The predicted octanol–water partition coefficient (Wildman–Crippen LogP) is 7.22. The van der Waals surface area contributed by atoms with Crippen molar-refractivity contribution >= 4 is 0 Å². The van der Waals surface area contributed by atoms with Gasteiger partial charge < -0.3 is 0 Å². The van der Waals surface area contributed by atoms with E-state index in [0.717, 1.165) is 0 Å². The van der Waals surface area contributed by atoms with Crippen molar-refractivity contribution in [2.75, 3.05) is 28.2 Å². The van der Waals surface area contributed by atoms with Gasteiger partial charge in [-0.2, -0.15) is 0 Å². The van der Waals surface area contributed by atoms with Crippen LogP contribution in [-0.2, 0) is 11.1 Å². The number of nitrogens with zero attached hydrogens (tertiary/aromatic N) is 4. The summed E-state index contributed by atoms with van der Waals surface area (Å²) < 4.78 is 0. The third kappa shape index (κ3) is 3.22. The zero-order valence-corrected chi connectivity index (χ0v) is 26.0. The van der Waals surface area contributed by atoms with Gasteiger partial charge in [0, 0.05) is 23.2 Å². The van der Waals surface area contributed by atoms with E-state index >= 15 is 0 Å². The van der Waals surface area contributed by atoms with E-state index in [4.69, 9.17) is 9.97 Å². The van der Waals surface area contributed by atoms with E-state index in [2.05, 4.69) is 118 Å².